The maximum atomic E-state index is 15.7. The molecular weight excluding hydrogens is 750 g/mol. The molecule has 0 fully saturated rings. The maximum Gasteiger partial charge on any atom is 0.413 e. The molecule has 2 N–H and O–H groups in total. The zero-order valence-corrected chi connectivity index (χ0v) is 33.0. The highest BCUT2D eigenvalue weighted by Crippen LogP contribution is 2.44. The van der Waals surface area contributed by atoms with Crippen LogP contribution in [-0.4, -0.2) is 45.3 Å². The zero-order valence-electron chi connectivity index (χ0n) is 33.0. The molecule has 0 radical (unpaired) electrons. The quantitative estimate of drug-likeness (QED) is 0.152. The largest absolute Gasteiger partial charge is 0.480 e. The average Bonchev–Trinajstić information content (AvgIpc) is 3.17. The second-order valence-electron chi connectivity index (χ2n) is 13.3. The summed E-state index contributed by atoms with van der Waals surface area (Å²) >= 11 is 0. The molecule has 304 valence electrons. The third-order valence-corrected chi connectivity index (χ3v) is 9.72. The number of carboxylic acid groups (broad SMARTS) is 1. The van der Waals surface area contributed by atoms with Crippen molar-refractivity contribution < 1.29 is 41.0 Å². The topological polar surface area (TPSA) is 105 Å². The van der Waals surface area contributed by atoms with Crippen LogP contribution in [0.4, 0.5) is 32.0 Å². The van der Waals surface area contributed by atoms with Gasteiger partial charge < -0.3 is 19.9 Å². The molecule has 1 aliphatic heterocycles. The van der Waals surface area contributed by atoms with E-state index in [1.807, 2.05) is 27.7 Å². The molecule has 2 atom stereocenters. The molecule has 3 heterocycles. The smallest absolute Gasteiger partial charge is 0.413 e. The summed E-state index contributed by atoms with van der Waals surface area (Å²) in [5.74, 6) is -7.11. The second-order valence-corrected chi connectivity index (χ2v) is 13.3. The lowest BCUT2D eigenvalue weighted by Crippen LogP contribution is -2.44. The molecule has 2 aromatic heterocycles. The monoisotopic (exact) mass is 796 g/mol. The van der Waals surface area contributed by atoms with E-state index in [1.54, 1.807) is 18.2 Å². The number of carbonyl (C=O) groups is 2. The summed E-state index contributed by atoms with van der Waals surface area (Å²) in [7, 11) is 1.45. The third-order valence-electron chi connectivity index (χ3n) is 9.72. The minimum atomic E-state index is -4.69. The highest BCUT2D eigenvalue weighted by Gasteiger charge is 2.47. The van der Waals surface area contributed by atoms with E-state index in [0.29, 0.717) is 29.1 Å². The van der Waals surface area contributed by atoms with Crippen LogP contribution >= 0.6 is 0 Å². The Kier molecular flexibility index (Phi) is 13.6. The molecular formula is C43H46F6N4O4. The number of nitrogens with zero attached hydrogens (tertiary/aromatic N) is 3. The number of halogens is 6. The number of anilines is 1. The van der Waals surface area contributed by atoms with Gasteiger partial charge in [0.1, 0.15) is 11.9 Å². The minimum Gasteiger partial charge on any atom is -0.480 e. The molecule has 5 aromatic rings. The first-order valence-electron chi connectivity index (χ1n) is 18.6. The minimum absolute atomic E-state index is 0.0105. The molecule has 0 saturated heterocycles. The van der Waals surface area contributed by atoms with Gasteiger partial charge >= 0.3 is 12.1 Å². The van der Waals surface area contributed by atoms with Crippen molar-refractivity contribution in [2.24, 2.45) is 7.05 Å². The van der Waals surface area contributed by atoms with E-state index >= 15 is 4.39 Å². The fourth-order valence-corrected chi connectivity index (χ4v) is 7.07. The molecule has 0 saturated carbocycles. The van der Waals surface area contributed by atoms with Crippen molar-refractivity contribution in [3.63, 3.8) is 0 Å². The van der Waals surface area contributed by atoms with Gasteiger partial charge in [-0.3, -0.25) is 14.6 Å². The summed E-state index contributed by atoms with van der Waals surface area (Å²) in [5.41, 5.74) is -0.627. The van der Waals surface area contributed by atoms with Gasteiger partial charge in [-0.2, -0.15) is 13.2 Å². The van der Waals surface area contributed by atoms with Crippen molar-refractivity contribution in [3.8, 4) is 11.1 Å². The number of aromatic nitrogens is 2. The predicted octanol–water partition coefficient (Wildman–Crippen LogP) is 9.61. The first kappa shape index (κ1) is 44.1. The average molecular weight is 797 g/mol. The Labute approximate surface area is 327 Å². The van der Waals surface area contributed by atoms with E-state index in [2.05, 4.69) is 10.3 Å². The van der Waals surface area contributed by atoms with Crippen LogP contribution in [0.15, 0.2) is 77.7 Å². The van der Waals surface area contributed by atoms with Gasteiger partial charge in [-0.1, -0.05) is 70.2 Å². The van der Waals surface area contributed by atoms with Crippen LogP contribution in [0, 0.1) is 19.7 Å². The van der Waals surface area contributed by atoms with Crippen LogP contribution in [0.3, 0.4) is 0 Å². The van der Waals surface area contributed by atoms with Crippen molar-refractivity contribution >= 4 is 28.5 Å². The number of carboxylic acids is 1. The molecule has 0 aliphatic carbocycles. The van der Waals surface area contributed by atoms with E-state index in [9.17, 15) is 41.4 Å². The van der Waals surface area contributed by atoms with Crippen LogP contribution in [0.2, 0.25) is 0 Å². The number of aryl methyl sites for hydroxylation is 2. The predicted molar refractivity (Wildman–Crippen MR) is 209 cm³/mol. The van der Waals surface area contributed by atoms with E-state index in [0.717, 1.165) is 11.0 Å². The summed E-state index contributed by atoms with van der Waals surface area (Å²) in [4.78, 5) is 44.7. The van der Waals surface area contributed by atoms with Crippen molar-refractivity contribution in [1.82, 2.24) is 14.9 Å². The number of pyridine rings is 2. The lowest BCUT2D eigenvalue weighted by Gasteiger charge is -2.40. The summed E-state index contributed by atoms with van der Waals surface area (Å²) in [5, 5.41) is 12.8. The molecule has 0 bridgehead atoms. The van der Waals surface area contributed by atoms with Crippen LogP contribution in [-0.2, 0) is 30.6 Å². The third kappa shape index (κ3) is 9.00. The Balaban J connectivity index is 0.00000174. The zero-order chi connectivity index (χ0) is 42.6. The highest BCUT2D eigenvalue weighted by molar-refractivity contribution is 5.99. The molecule has 3 aromatic carbocycles. The van der Waals surface area contributed by atoms with Gasteiger partial charge in [0, 0.05) is 61.0 Å². The standard InChI is InChI=1S/C39H34F6N4O4.2C2H6/c1-20-16-24(49-15-13-22-8-5-6-9-26(22)34(49)39(43,44)45)19-29(40)31(20)35(50)47-30(37(52)53)18-23-11-12-27(33-25(23)10-7-14-46-33)32-28(38(3,41)42)17-21(2)48(4)36(32)51;2*1-2/h5-12,14,16-17,19,30,34H,13,15,18H2,1-4H3,(H,47,50)(H,52,53);2*1-2H3/t30-,34+;;/m0../s1. The number of hydrogen-bond donors (Lipinski definition) is 2. The summed E-state index contributed by atoms with van der Waals surface area (Å²) in [6, 6.07) is 11.8. The number of benzene rings is 3. The van der Waals surface area contributed by atoms with Crippen LogP contribution in [0.25, 0.3) is 22.0 Å². The van der Waals surface area contributed by atoms with Crippen molar-refractivity contribution in [2.75, 3.05) is 11.4 Å². The van der Waals surface area contributed by atoms with Crippen LogP contribution in [0.5, 0.6) is 0 Å². The van der Waals surface area contributed by atoms with Crippen LogP contribution in [0.1, 0.15) is 84.5 Å². The Bertz CT molecular complexity index is 2310. The maximum absolute atomic E-state index is 15.7. The van der Waals surface area contributed by atoms with Gasteiger partial charge in [0.05, 0.1) is 16.6 Å². The van der Waals surface area contributed by atoms with Gasteiger partial charge in [0.25, 0.3) is 17.4 Å². The van der Waals surface area contributed by atoms with Crippen molar-refractivity contribution in [1.29, 1.82) is 0 Å². The van der Waals surface area contributed by atoms with Gasteiger partial charge in [0.15, 0.2) is 6.04 Å². The number of hydrogen-bond acceptors (Lipinski definition) is 5. The SMILES string of the molecule is CC.CC.Cc1cc(N2CCc3ccccc3[C@@H]2C(F)(F)F)cc(F)c1C(=O)N[C@@H](Cc1ccc(-c2c(C(C)(F)F)cc(C)n(C)c2=O)c2ncccc12)C(=O)O. The molecule has 8 nitrogen and oxygen atoms in total. The Morgan fingerprint density at radius 2 is 1.63 bits per heavy atom. The first-order valence-corrected chi connectivity index (χ1v) is 18.6. The number of alkyl halides is 5. The van der Waals surface area contributed by atoms with Gasteiger partial charge in [0.2, 0.25) is 0 Å². The molecule has 1 amide bonds. The fraction of sp³-hybridized carbons (Fsp3) is 0.349. The lowest BCUT2D eigenvalue weighted by atomic mass is 9.91. The number of aliphatic carboxylic acids is 1. The van der Waals surface area contributed by atoms with E-state index < -0.39 is 58.6 Å². The van der Waals surface area contributed by atoms with Crippen molar-refractivity contribution in [3.05, 3.63) is 128 Å². The molecule has 0 spiro atoms. The van der Waals surface area contributed by atoms with Gasteiger partial charge in [-0.25, -0.2) is 18.0 Å². The first-order chi connectivity index (χ1) is 26.9. The van der Waals surface area contributed by atoms with E-state index in [1.165, 1.54) is 74.1 Å². The van der Waals surface area contributed by atoms with E-state index in [4.69, 9.17) is 0 Å². The summed E-state index contributed by atoms with van der Waals surface area (Å²) < 4.78 is 89.8. The van der Waals surface area contributed by atoms with Gasteiger partial charge in [-0.05, 0) is 66.8 Å². The number of rotatable bonds is 8. The lowest BCUT2D eigenvalue weighted by molar-refractivity contribution is -0.151. The van der Waals surface area contributed by atoms with Gasteiger partial charge in [-0.15, -0.1) is 0 Å². The molecule has 1 aliphatic rings. The second kappa shape index (κ2) is 17.6. The molecule has 6 rings (SSSR count). The number of nitrogens with one attached hydrogen (secondary N) is 1. The number of amides is 1. The Morgan fingerprint density at radius 1 is 0.965 bits per heavy atom. The molecule has 0 unspecified atom stereocenters. The normalized spacial score (nSPS) is 14.4. The fourth-order valence-electron chi connectivity index (χ4n) is 7.07. The van der Waals surface area contributed by atoms with E-state index in [-0.39, 0.29) is 52.8 Å². The Morgan fingerprint density at radius 3 is 2.25 bits per heavy atom. The van der Waals surface area contributed by atoms with Crippen molar-refractivity contribution in [2.45, 2.75) is 85.5 Å². The van der Waals surface area contributed by atoms with Crippen LogP contribution < -0.4 is 15.8 Å². The number of fused-ring (bicyclic) bond motifs is 2. The molecule has 57 heavy (non-hydrogen) atoms. The molecule has 14 heteroatoms. The summed E-state index contributed by atoms with van der Waals surface area (Å²) in [6.45, 7) is 11.5. The number of carbonyl (C=O) groups excluding carboxylic acids is 1. The Hall–Kier alpha value is -5.66. The highest BCUT2D eigenvalue weighted by atomic mass is 19.4. The summed E-state index contributed by atoms with van der Waals surface area (Å²) in [6.07, 6.45) is -3.37.